The van der Waals surface area contributed by atoms with Crippen molar-refractivity contribution in [2.45, 2.75) is 12.8 Å². The van der Waals surface area contributed by atoms with E-state index in [2.05, 4.69) is 13.2 Å². The molecule has 7 heteroatoms. The van der Waals surface area contributed by atoms with Gasteiger partial charge in [0, 0.05) is 16.9 Å². The van der Waals surface area contributed by atoms with Crippen molar-refractivity contribution >= 4 is 28.8 Å². The number of esters is 2. The summed E-state index contributed by atoms with van der Waals surface area (Å²) in [5, 5.41) is 21.4. The lowest BCUT2D eigenvalue weighted by atomic mass is 9.74. The number of carbonyl (C=O) groups is 2. The standard InChI is InChI=1S/C20H20N2O4S/c1-5-8-14(18(23)25-3)16(19(24)26-4)17(15-9-7-11-27-15)20(12-21,13-22)10-6-2/h5-7,9,11,14H,1-2,8,10H2,3-4H3/b17-16+. The minimum absolute atomic E-state index is 0.0320. The zero-order chi connectivity index (χ0) is 20.4. The number of ether oxygens (including phenoxy) is 2. The van der Waals surface area contributed by atoms with Crippen LogP contribution in [0.3, 0.4) is 0 Å². The van der Waals surface area contributed by atoms with Gasteiger partial charge in [0.25, 0.3) is 0 Å². The quantitative estimate of drug-likeness (QED) is 0.366. The first-order valence-corrected chi connectivity index (χ1v) is 8.83. The fourth-order valence-corrected chi connectivity index (χ4v) is 3.57. The third kappa shape index (κ3) is 4.52. The van der Waals surface area contributed by atoms with E-state index in [0.717, 1.165) is 0 Å². The van der Waals surface area contributed by atoms with Gasteiger partial charge in [-0.1, -0.05) is 18.2 Å². The molecule has 140 valence electrons. The number of nitrogens with zero attached hydrogens (tertiary/aromatic N) is 2. The second-order valence-electron chi connectivity index (χ2n) is 5.48. The molecule has 0 bridgehead atoms. The zero-order valence-corrected chi connectivity index (χ0v) is 16.0. The summed E-state index contributed by atoms with van der Waals surface area (Å²) in [6.07, 6.45) is 2.93. The fourth-order valence-electron chi connectivity index (χ4n) is 2.71. The Labute approximate surface area is 162 Å². The Balaban J connectivity index is 4.04. The summed E-state index contributed by atoms with van der Waals surface area (Å²) in [5.74, 6) is -2.56. The Bertz CT molecular complexity index is 811. The van der Waals surface area contributed by atoms with Crippen molar-refractivity contribution in [2.24, 2.45) is 11.3 Å². The molecule has 0 aliphatic rings. The van der Waals surface area contributed by atoms with Crippen LogP contribution in [0.1, 0.15) is 17.7 Å². The summed E-state index contributed by atoms with van der Waals surface area (Å²) >= 11 is 1.25. The Morgan fingerprint density at radius 1 is 1.26 bits per heavy atom. The molecule has 1 heterocycles. The van der Waals surface area contributed by atoms with E-state index in [1.165, 1.54) is 37.7 Å². The monoisotopic (exact) mass is 384 g/mol. The maximum absolute atomic E-state index is 12.7. The van der Waals surface area contributed by atoms with Gasteiger partial charge in [-0.25, -0.2) is 4.79 Å². The highest BCUT2D eigenvalue weighted by Crippen LogP contribution is 2.44. The zero-order valence-electron chi connectivity index (χ0n) is 15.2. The Morgan fingerprint density at radius 2 is 1.93 bits per heavy atom. The molecule has 0 amide bonds. The number of rotatable bonds is 9. The second kappa shape index (κ2) is 10.1. The summed E-state index contributed by atoms with van der Waals surface area (Å²) in [6.45, 7) is 7.24. The van der Waals surface area contributed by atoms with Gasteiger partial charge in [0.2, 0.25) is 0 Å². The van der Waals surface area contributed by atoms with Gasteiger partial charge in [-0.2, -0.15) is 10.5 Å². The van der Waals surface area contributed by atoms with E-state index in [1.807, 2.05) is 12.1 Å². The highest BCUT2D eigenvalue weighted by atomic mass is 32.1. The number of allylic oxidation sites excluding steroid dienone is 3. The minimum atomic E-state index is -1.72. The van der Waals surface area contributed by atoms with Crippen LogP contribution in [-0.4, -0.2) is 26.2 Å². The van der Waals surface area contributed by atoms with E-state index >= 15 is 0 Å². The molecule has 0 radical (unpaired) electrons. The molecule has 0 fully saturated rings. The molecule has 6 nitrogen and oxygen atoms in total. The smallest absolute Gasteiger partial charge is 0.335 e. The number of methoxy groups -OCH3 is 2. The van der Waals surface area contributed by atoms with Crippen LogP contribution in [0.15, 0.2) is 48.4 Å². The molecule has 0 N–H and O–H groups in total. The maximum atomic E-state index is 12.7. The molecule has 1 aromatic heterocycles. The molecule has 0 saturated heterocycles. The highest BCUT2D eigenvalue weighted by Gasteiger charge is 2.43. The molecule has 27 heavy (non-hydrogen) atoms. The molecule has 0 spiro atoms. The van der Waals surface area contributed by atoms with Gasteiger partial charge in [-0.05, 0) is 17.9 Å². The van der Waals surface area contributed by atoms with Crippen LogP contribution < -0.4 is 0 Å². The normalized spacial score (nSPS) is 12.6. The van der Waals surface area contributed by atoms with Crippen molar-refractivity contribution in [1.82, 2.24) is 0 Å². The van der Waals surface area contributed by atoms with Gasteiger partial charge in [0.1, 0.15) is 0 Å². The molecule has 1 atom stereocenters. The molecule has 1 aromatic rings. The number of carbonyl (C=O) groups excluding carboxylic acids is 2. The Hall–Kier alpha value is -3.16. The van der Waals surface area contributed by atoms with E-state index in [1.54, 1.807) is 17.5 Å². The number of hydrogen-bond acceptors (Lipinski definition) is 7. The lowest BCUT2D eigenvalue weighted by molar-refractivity contribution is -0.147. The summed E-state index contributed by atoms with van der Waals surface area (Å²) in [5.41, 5.74) is -1.67. The van der Waals surface area contributed by atoms with Crippen molar-refractivity contribution in [2.75, 3.05) is 14.2 Å². The van der Waals surface area contributed by atoms with E-state index in [-0.39, 0.29) is 24.0 Å². The van der Waals surface area contributed by atoms with Crippen LogP contribution in [0.4, 0.5) is 0 Å². The van der Waals surface area contributed by atoms with Gasteiger partial charge >= 0.3 is 11.9 Å². The first kappa shape index (κ1) is 21.9. The molecule has 0 aliphatic carbocycles. The van der Waals surface area contributed by atoms with Crippen LogP contribution in [0.5, 0.6) is 0 Å². The number of thiophene rings is 1. The van der Waals surface area contributed by atoms with E-state index in [0.29, 0.717) is 4.88 Å². The van der Waals surface area contributed by atoms with Crippen molar-refractivity contribution < 1.29 is 19.1 Å². The van der Waals surface area contributed by atoms with Gasteiger partial charge in [0.05, 0.1) is 37.8 Å². The van der Waals surface area contributed by atoms with E-state index in [4.69, 9.17) is 9.47 Å². The molecule has 0 saturated carbocycles. The average Bonchev–Trinajstić information content (AvgIpc) is 3.22. The molecule has 1 unspecified atom stereocenters. The number of nitriles is 2. The molecule has 1 rings (SSSR count). The van der Waals surface area contributed by atoms with Crippen LogP contribution in [0.2, 0.25) is 0 Å². The SMILES string of the molecule is C=CCC(C(=O)OC)/C(C(=O)OC)=C(/c1cccs1)C(C#N)(C#N)CC=C. The topological polar surface area (TPSA) is 100 Å². The van der Waals surface area contributed by atoms with Gasteiger partial charge in [-0.15, -0.1) is 24.5 Å². The van der Waals surface area contributed by atoms with Crippen LogP contribution in [0, 0.1) is 34.0 Å². The molecular weight excluding hydrogens is 364 g/mol. The third-order valence-electron chi connectivity index (χ3n) is 3.94. The Kier molecular flexibility index (Phi) is 8.19. The van der Waals surface area contributed by atoms with Crippen molar-refractivity contribution in [3.05, 3.63) is 53.3 Å². The van der Waals surface area contributed by atoms with Crippen LogP contribution >= 0.6 is 11.3 Å². The maximum Gasteiger partial charge on any atom is 0.335 e. The predicted octanol–water partition coefficient (Wildman–Crippen LogP) is 3.65. The average molecular weight is 384 g/mol. The summed E-state index contributed by atoms with van der Waals surface area (Å²) < 4.78 is 9.73. The van der Waals surface area contributed by atoms with Gasteiger partial charge in [0.15, 0.2) is 5.41 Å². The molecule has 0 aromatic carbocycles. The predicted molar refractivity (Wildman–Crippen MR) is 102 cm³/mol. The molecular formula is C20H20N2O4S. The minimum Gasteiger partial charge on any atom is -0.469 e. The van der Waals surface area contributed by atoms with Crippen LogP contribution in [-0.2, 0) is 19.1 Å². The van der Waals surface area contributed by atoms with Gasteiger partial charge in [-0.3, -0.25) is 4.79 Å². The first-order chi connectivity index (χ1) is 13.0. The van der Waals surface area contributed by atoms with Crippen molar-refractivity contribution in [1.29, 1.82) is 10.5 Å². The number of hydrogen-bond donors (Lipinski definition) is 0. The largest absolute Gasteiger partial charge is 0.469 e. The van der Waals surface area contributed by atoms with E-state index in [9.17, 15) is 20.1 Å². The van der Waals surface area contributed by atoms with Crippen molar-refractivity contribution in [3.8, 4) is 12.1 Å². The summed E-state index contributed by atoms with van der Waals surface area (Å²) in [7, 11) is 2.37. The summed E-state index contributed by atoms with van der Waals surface area (Å²) in [6, 6.07) is 7.40. The van der Waals surface area contributed by atoms with Crippen molar-refractivity contribution in [3.63, 3.8) is 0 Å². The first-order valence-electron chi connectivity index (χ1n) is 7.95. The Morgan fingerprint density at radius 3 is 2.33 bits per heavy atom. The molecule has 0 aliphatic heterocycles. The van der Waals surface area contributed by atoms with Gasteiger partial charge < -0.3 is 9.47 Å². The fraction of sp³-hybridized carbons (Fsp3) is 0.300. The van der Waals surface area contributed by atoms with E-state index < -0.39 is 23.3 Å². The lowest BCUT2D eigenvalue weighted by Gasteiger charge is -2.26. The van der Waals surface area contributed by atoms with Crippen LogP contribution in [0.25, 0.3) is 5.57 Å². The second-order valence-corrected chi connectivity index (χ2v) is 6.43. The third-order valence-corrected chi connectivity index (χ3v) is 4.83. The highest BCUT2D eigenvalue weighted by molar-refractivity contribution is 7.11. The lowest BCUT2D eigenvalue weighted by Crippen LogP contribution is -2.29. The summed E-state index contributed by atoms with van der Waals surface area (Å²) in [4.78, 5) is 25.6.